The van der Waals surface area contributed by atoms with Gasteiger partial charge in [-0.3, -0.25) is 19.2 Å². The molecular formula is C20H28O6. The van der Waals surface area contributed by atoms with E-state index in [4.69, 9.17) is 9.47 Å². The Morgan fingerprint density at radius 2 is 0.846 bits per heavy atom. The smallest absolute Gasteiger partial charge is 0.316 e. The molecule has 3 rings (SSSR count). The van der Waals surface area contributed by atoms with Gasteiger partial charge in [0.1, 0.15) is 0 Å². The summed E-state index contributed by atoms with van der Waals surface area (Å²) < 4.78 is 10.0. The number of fused-ring (bicyclic) bond motifs is 5. The predicted molar refractivity (Wildman–Crippen MR) is 91.6 cm³/mol. The fraction of sp³-hybridized carbons (Fsp3) is 0.800. The highest BCUT2D eigenvalue weighted by molar-refractivity contribution is 5.91. The molecule has 2 aliphatic heterocycles. The highest BCUT2D eigenvalue weighted by atomic mass is 16.6. The molecule has 4 unspecified atom stereocenters. The van der Waals surface area contributed by atoms with Crippen LogP contribution in [0, 0.1) is 23.7 Å². The molecule has 1 aliphatic carbocycles. The van der Waals surface area contributed by atoms with E-state index >= 15 is 0 Å². The van der Waals surface area contributed by atoms with Crippen LogP contribution < -0.4 is 0 Å². The van der Waals surface area contributed by atoms with Gasteiger partial charge in [-0.15, -0.1) is 0 Å². The fourth-order valence-electron chi connectivity index (χ4n) is 4.45. The zero-order chi connectivity index (χ0) is 18.5. The molecule has 2 saturated heterocycles. The van der Waals surface area contributed by atoms with E-state index in [1.165, 1.54) is 0 Å². The van der Waals surface area contributed by atoms with Gasteiger partial charge in [0, 0.05) is 0 Å². The molecule has 0 spiro atoms. The number of ether oxygens (including phenoxy) is 2. The molecule has 0 radical (unpaired) electrons. The van der Waals surface area contributed by atoms with E-state index in [-0.39, 0.29) is 35.6 Å². The van der Waals surface area contributed by atoms with E-state index in [1.54, 1.807) is 0 Å². The second kappa shape index (κ2) is 8.78. The lowest BCUT2D eigenvalue weighted by molar-refractivity contribution is -0.172. The van der Waals surface area contributed by atoms with Crippen molar-refractivity contribution in [1.82, 2.24) is 0 Å². The standard InChI is InChI=1S/C20H28O6/c21-17-13-6-3-1-2-4-7-15-12-16(20(24)26-19(15)23)9-5-8-14(11-10-13)18(22)25-17/h13-16H,1-12H2. The molecule has 26 heavy (non-hydrogen) atoms. The van der Waals surface area contributed by atoms with Crippen LogP contribution in [0.5, 0.6) is 0 Å². The predicted octanol–water partition coefficient (Wildman–Crippen LogP) is 3.31. The lowest BCUT2D eigenvalue weighted by Gasteiger charge is -2.26. The zero-order valence-corrected chi connectivity index (χ0v) is 15.2. The van der Waals surface area contributed by atoms with E-state index in [1.807, 2.05) is 0 Å². The molecule has 1 saturated carbocycles. The van der Waals surface area contributed by atoms with E-state index < -0.39 is 11.9 Å². The van der Waals surface area contributed by atoms with Crippen molar-refractivity contribution in [2.24, 2.45) is 23.7 Å². The highest BCUT2D eigenvalue weighted by Crippen LogP contribution is 2.33. The van der Waals surface area contributed by atoms with Gasteiger partial charge >= 0.3 is 23.9 Å². The van der Waals surface area contributed by atoms with Crippen LogP contribution in [0.4, 0.5) is 0 Å². The van der Waals surface area contributed by atoms with Crippen molar-refractivity contribution in [1.29, 1.82) is 0 Å². The molecule has 4 bridgehead atoms. The van der Waals surface area contributed by atoms with Crippen molar-refractivity contribution in [3.63, 3.8) is 0 Å². The van der Waals surface area contributed by atoms with Crippen molar-refractivity contribution < 1.29 is 28.7 Å². The number of carbonyl (C=O) groups is 4. The molecule has 4 atom stereocenters. The molecule has 144 valence electrons. The van der Waals surface area contributed by atoms with Gasteiger partial charge in [0.05, 0.1) is 23.7 Å². The van der Waals surface area contributed by atoms with E-state index in [0.717, 1.165) is 38.5 Å². The van der Waals surface area contributed by atoms with Gasteiger partial charge in [-0.1, -0.05) is 32.1 Å². The average Bonchev–Trinajstić information content (AvgIpc) is 2.72. The number of hydrogen-bond donors (Lipinski definition) is 0. The average molecular weight is 364 g/mol. The van der Waals surface area contributed by atoms with E-state index in [0.29, 0.717) is 38.5 Å². The molecule has 0 aromatic heterocycles. The minimum atomic E-state index is -0.425. The summed E-state index contributed by atoms with van der Waals surface area (Å²) in [5.41, 5.74) is 0. The Hall–Kier alpha value is -1.72. The summed E-state index contributed by atoms with van der Waals surface area (Å²) >= 11 is 0. The van der Waals surface area contributed by atoms with Crippen LogP contribution in [0.3, 0.4) is 0 Å². The molecule has 0 N–H and O–H groups in total. The van der Waals surface area contributed by atoms with Crippen LogP contribution in [0.2, 0.25) is 0 Å². The van der Waals surface area contributed by atoms with E-state index in [2.05, 4.69) is 0 Å². The Morgan fingerprint density at radius 1 is 0.462 bits per heavy atom. The first-order chi connectivity index (χ1) is 12.5. The number of rotatable bonds is 0. The Labute approximate surface area is 154 Å². The Kier molecular flexibility index (Phi) is 6.43. The lowest BCUT2D eigenvalue weighted by Crippen LogP contribution is -2.35. The van der Waals surface area contributed by atoms with Crippen molar-refractivity contribution in [3.8, 4) is 0 Å². The summed E-state index contributed by atoms with van der Waals surface area (Å²) in [7, 11) is 0. The minimum absolute atomic E-state index is 0.173. The quantitative estimate of drug-likeness (QED) is 0.484. The molecule has 0 aromatic carbocycles. The van der Waals surface area contributed by atoms with Crippen LogP contribution in [-0.4, -0.2) is 23.9 Å². The van der Waals surface area contributed by atoms with E-state index in [9.17, 15) is 19.2 Å². The molecular weight excluding hydrogens is 336 g/mol. The Bertz CT molecular complexity index is 565. The summed E-state index contributed by atoms with van der Waals surface area (Å²) in [6.07, 6.45) is 9.22. The van der Waals surface area contributed by atoms with Gasteiger partial charge in [0.25, 0.3) is 0 Å². The SMILES string of the molecule is O=C1OC(=O)C2CCCC3CC(CCCCCCC1CC2)C(=O)OC3=O. The molecule has 2 heterocycles. The second-order valence-corrected chi connectivity index (χ2v) is 8.00. The number of esters is 4. The Morgan fingerprint density at radius 3 is 1.38 bits per heavy atom. The largest absolute Gasteiger partial charge is 0.393 e. The molecule has 6 nitrogen and oxygen atoms in total. The van der Waals surface area contributed by atoms with Gasteiger partial charge in [-0.05, 0) is 44.9 Å². The lowest BCUT2D eigenvalue weighted by atomic mass is 9.83. The van der Waals surface area contributed by atoms with Crippen molar-refractivity contribution in [2.45, 2.75) is 77.0 Å². The van der Waals surface area contributed by atoms with Crippen molar-refractivity contribution in [3.05, 3.63) is 0 Å². The summed E-state index contributed by atoms with van der Waals surface area (Å²) in [5.74, 6) is -2.48. The van der Waals surface area contributed by atoms with Gasteiger partial charge in [-0.2, -0.15) is 0 Å². The van der Waals surface area contributed by atoms with Crippen LogP contribution in [-0.2, 0) is 28.7 Å². The molecule has 3 aliphatic rings. The Balaban J connectivity index is 1.67. The third kappa shape index (κ3) is 4.71. The molecule has 0 amide bonds. The molecule has 0 aromatic rings. The van der Waals surface area contributed by atoms with Crippen LogP contribution >= 0.6 is 0 Å². The first kappa shape index (κ1) is 19.1. The second-order valence-electron chi connectivity index (χ2n) is 8.00. The monoisotopic (exact) mass is 364 g/mol. The summed E-state index contributed by atoms with van der Waals surface area (Å²) in [6.45, 7) is 0. The van der Waals surface area contributed by atoms with Crippen molar-refractivity contribution >= 4 is 23.9 Å². The summed E-state index contributed by atoms with van der Waals surface area (Å²) in [4.78, 5) is 48.2. The van der Waals surface area contributed by atoms with Crippen LogP contribution in [0.1, 0.15) is 77.0 Å². The minimum Gasteiger partial charge on any atom is -0.393 e. The zero-order valence-electron chi connectivity index (χ0n) is 15.2. The third-order valence-corrected chi connectivity index (χ3v) is 6.13. The maximum absolute atomic E-state index is 12.2. The fourth-order valence-corrected chi connectivity index (χ4v) is 4.45. The number of hydrogen-bond acceptors (Lipinski definition) is 6. The summed E-state index contributed by atoms with van der Waals surface area (Å²) in [5, 5.41) is 0. The maximum atomic E-state index is 12.2. The molecule has 6 heteroatoms. The normalized spacial score (nSPS) is 34.8. The highest BCUT2D eigenvalue weighted by Gasteiger charge is 2.37. The molecule has 3 fully saturated rings. The number of carbonyl (C=O) groups excluding carboxylic acids is 4. The first-order valence-electron chi connectivity index (χ1n) is 10.1. The number of cyclic esters (lactones) is 4. The van der Waals surface area contributed by atoms with Gasteiger partial charge in [0.2, 0.25) is 0 Å². The van der Waals surface area contributed by atoms with Crippen LogP contribution in [0.25, 0.3) is 0 Å². The van der Waals surface area contributed by atoms with Crippen molar-refractivity contribution in [2.75, 3.05) is 0 Å². The third-order valence-electron chi connectivity index (χ3n) is 6.13. The van der Waals surface area contributed by atoms with Gasteiger partial charge in [0.15, 0.2) is 0 Å². The van der Waals surface area contributed by atoms with Gasteiger partial charge in [-0.25, -0.2) is 0 Å². The maximum Gasteiger partial charge on any atom is 0.316 e. The topological polar surface area (TPSA) is 86.7 Å². The van der Waals surface area contributed by atoms with Gasteiger partial charge < -0.3 is 9.47 Å². The first-order valence-corrected chi connectivity index (χ1v) is 10.1. The summed E-state index contributed by atoms with van der Waals surface area (Å²) in [6, 6.07) is 0. The van der Waals surface area contributed by atoms with Crippen LogP contribution in [0.15, 0.2) is 0 Å².